The molecular formula is C29H20F4O. The maximum absolute atomic E-state index is 14.9. The van der Waals surface area contributed by atoms with Crippen molar-refractivity contribution < 1.29 is 22.3 Å². The van der Waals surface area contributed by atoms with Crippen LogP contribution in [0.1, 0.15) is 11.1 Å². The largest absolute Gasteiger partial charge is 0.497 e. The highest BCUT2D eigenvalue weighted by Gasteiger charge is 2.25. The minimum Gasteiger partial charge on any atom is -0.497 e. The van der Waals surface area contributed by atoms with E-state index in [4.69, 9.17) is 4.74 Å². The number of halogens is 4. The van der Waals surface area contributed by atoms with Gasteiger partial charge in [-0.05, 0) is 57.6 Å². The molecule has 0 aliphatic carbocycles. The first-order chi connectivity index (χ1) is 16.5. The van der Waals surface area contributed by atoms with E-state index in [9.17, 15) is 17.6 Å². The summed E-state index contributed by atoms with van der Waals surface area (Å²) in [7, 11) is 1.62. The third-order valence-corrected chi connectivity index (χ3v) is 6.23. The monoisotopic (exact) mass is 460 g/mol. The second-order valence-corrected chi connectivity index (χ2v) is 8.14. The predicted octanol–water partition coefficient (Wildman–Crippen LogP) is 8.01. The van der Waals surface area contributed by atoms with Gasteiger partial charge in [0.2, 0.25) is 0 Å². The van der Waals surface area contributed by atoms with Gasteiger partial charge in [-0.15, -0.1) is 0 Å². The molecule has 0 amide bonds. The standard InChI is InChI=1S/C29H20F4O/c1-34-18-13-10-17(11-14-18)12-15-21-19-6-2-4-8-22(19)26(23-9-5-3-7-20(21)23)27-28(32)24(30)16-25(31)29(27)33/h2-11,13-14,16H,12,15H2,1H3. The third-order valence-electron chi connectivity index (χ3n) is 6.23. The molecule has 0 atom stereocenters. The van der Waals surface area contributed by atoms with Crippen molar-refractivity contribution in [2.75, 3.05) is 7.11 Å². The van der Waals surface area contributed by atoms with Crippen LogP contribution in [0.25, 0.3) is 32.7 Å². The van der Waals surface area contributed by atoms with Gasteiger partial charge >= 0.3 is 0 Å². The lowest BCUT2D eigenvalue weighted by Gasteiger charge is -2.18. The average Bonchev–Trinajstić information content (AvgIpc) is 2.87. The van der Waals surface area contributed by atoms with Gasteiger partial charge in [-0.1, -0.05) is 60.7 Å². The first-order valence-corrected chi connectivity index (χ1v) is 10.9. The van der Waals surface area contributed by atoms with Gasteiger partial charge in [0, 0.05) is 11.6 Å². The molecule has 0 fully saturated rings. The second kappa shape index (κ2) is 8.82. The van der Waals surface area contributed by atoms with E-state index < -0.39 is 28.8 Å². The van der Waals surface area contributed by atoms with Crippen molar-refractivity contribution in [2.24, 2.45) is 0 Å². The zero-order valence-electron chi connectivity index (χ0n) is 18.3. The van der Waals surface area contributed by atoms with Gasteiger partial charge in [-0.2, -0.15) is 0 Å². The molecule has 5 rings (SSSR count). The Bertz CT molecular complexity index is 1440. The third kappa shape index (κ3) is 3.67. The molecule has 0 aromatic heterocycles. The van der Waals surface area contributed by atoms with E-state index in [2.05, 4.69) is 0 Å². The van der Waals surface area contributed by atoms with E-state index in [1.807, 2.05) is 48.5 Å². The first kappa shape index (κ1) is 22.0. The molecule has 34 heavy (non-hydrogen) atoms. The maximum Gasteiger partial charge on any atom is 0.169 e. The van der Waals surface area contributed by atoms with Crippen molar-refractivity contribution in [1.82, 2.24) is 0 Å². The van der Waals surface area contributed by atoms with Crippen molar-refractivity contribution in [1.29, 1.82) is 0 Å². The summed E-state index contributed by atoms with van der Waals surface area (Å²) in [6.07, 6.45) is 1.39. The number of methoxy groups -OCH3 is 1. The van der Waals surface area contributed by atoms with E-state index in [-0.39, 0.29) is 11.6 Å². The van der Waals surface area contributed by atoms with E-state index in [1.165, 1.54) is 0 Å². The van der Waals surface area contributed by atoms with Gasteiger partial charge in [-0.25, -0.2) is 17.6 Å². The summed E-state index contributed by atoms with van der Waals surface area (Å²) >= 11 is 0. The maximum atomic E-state index is 14.9. The van der Waals surface area contributed by atoms with E-state index in [1.54, 1.807) is 31.4 Å². The zero-order valence-corrected chi connectivity index (χ0v) is 18.3. The average molecular weight is 460 g/mol. The summed E-state index contributed by atoms with van der Waals surface area (Å²) in [6, 6.07) is 22.4. The van der Waals surface area contributed by atoms with Gasteiger partial charge in [0.15, 0.2) is 23.3 Å². The molecule has 0 saturated carbocycles. The molecule has 0 radical (unpaired) electrons. The Morgan fingerprint density at radius 1 is 0.588 bits per heavy atom. The second-order valence-electron chi connectivity index (χ2n) is 8.14. The first-order valence-electron chi connectivity index (χ1n) is 10.9. The van der Waals surface area contributed by atoms with E-state index in [0.29, 0.717) is 17.2 Å². The highest BCUT2D eigenvalue weighted by atomic mass is 19.2. The molecule has 1 nitrogen and oxygen atoms in total. The summed E-state index contributed by atoms with van der Waals surface area (Å²) in [5, 5.41) is 2.64. The molecular weight excluding hydrogens is 440 g/mol. The van der Waals surface area contributed by atoms with Crippen LogP contribution in [0.5, 0.6) is 5.75 Å². The van der Waals surface area contributed by atoms with Crippen LogP contribution in [0.3, 0.4) is 0 Å². The van der Waals surface area contributed by atoms with Crippen molar-refractivity contribution in [3.05, 3.63) is 113 Å². The molecule has 5 heteroatoms. The highest BCUT2D eigenvalue weighted by Crippen LogP contribution is 2.42. The van der Waals surface area contributed by atoms with Crippen LogP contribution in [0.2, 0.25) is 0 Å². The fraction of sp³-hybridized carbons (Fsp3) is 0.103. The quantitative estimate of drug-likeness (QED) is 0.147. The minimum absolute atomic E-state index is 0.146. The molecule has 0 aliphatic heterocycles. The Labute approximate surface area is 194 Å². The Balaban J connectivity index is 1.76. The van der Waals surface area contributed by atoms with Gasteiger partial charge in [0.25, 0.3) is 0 Å². The van der Waals surface area contributed by atoms with Crippen LogP contribution in [0.4, 0.5) is 17.6 Å². The fourth-order valence-corrected chi connectivity index (χ4v) is 4.61. The van der Waals surface area contributed by atoms with Crippen LogP contribution in [-0.4, -0.2) is 7.11 Å². The van der Waals surface area contributed by atoms with Crippen LogP contribution in [-0.2, 0) is 12.8 Å². The summed E-state index contributed by atoms with van der Waals surface area (Å²) in [5.74, 6) is -4.88. The van der Waals surface area contributed by atoms with Crippen molar-refractivity contribution in [2.45, 2.75) is 12.8 Å². The molecule has 0 saturated heterocycles. The normalized spacial score (nSPS) is 11.3. The lowest BCUT2D eigenvalue weighted by molar-refractivity contribution is 0.414. The Morgan fingerprint density at radius 3 is 1.59 bits per heavy atom. The summed E-state index contributed by atoms with van der Waals surface area (Å²) in [4.78, 5) is 0. The molecule has 0 heterocycles. The number of hydrogen-bond acceptors (Lipinski definition) is 1. The van der Waals surface area contributed by atoms with Gasteiger partial charge in [0.1, 0.15) is 5.75 Å². The van der Waals surface area contributed by atoms with Crippen molar-refractivity contribution in [3.8, 4) is 16.9 Å². The van der Waals surface area contributed by atoms with Crippen molar-refractivity contribution >= 4 is 21.5 Å². The van der Waals surface area contributed by atoms with E-state index >= 15 is 0 Å². The Hall–Kier alpha value is -3.86. The molecule has 0 spiro atoms. The molecule has 5 aromatic rings. The van der Waals surface area contributed by atoms with Gasteiger partial charge < -0.3 is 4.74 Å². The number of ether oxygens (including phenoxy) is 1. The summed E-state index contributed by atoms with van der Waals surface area (Å²) in [6.45, 7) is 0. The number of hydrogen-bond donors (Lipinski definition) is 0. The van der Waals surface area contributed by atoms with E-state index in [0.717, 1.165) is 34.1 Å². The fourth-order valence-electron chi connectivity index (χ4n) is 4.61. The minimum atomic E-state index is -1.43. The zero-order chi connectivity index (χ0) is 23.8. The van der Waals surface area contributed by atoms with Gasteiger partial charge in [-0.3, -0.25) is 0 Å². The number of aryl methyl sites for hydroxylation is 2. The summed E-state index contributed by atoms with van der Waals surface area (Å²) in [5.41, 5.74) is 1.57. The van der Waals surface area contributed by atoms with Crippen LogP contribution in [0, 0.1) is 23.3 Å². The lowest BCUT2D eigenvalue weighted by Crippen LogP contribution is -2.02. The molecule has 5 aromatic carbocycles. The number of benzene rings is 5. The molecule has 0 bridgehead atoms. The van der Waals surface area contributed by atoms with Crippen LogP contribution in [0.15, 0.2) is 78.9 Å². The Kier molecular flexibility index (Phi) is 5.70. The number of fused-ring (bicyclic) bond motifs is 2. The smallest absolute Gasteiger partial charge is 0.169 e. The molecule has 0 aliphatic rings. The van der Waals surface area contributed by atoms with Crippen molar-refractivity contribution in [3.63, 3.8) is 0 Å². The molecule has 0 unspecified atom stereocenters. The highest BCUT2D eigenvalue weighted by molar-refractivity contribution is 6.15. The van der Waals surface area contributed by atoms with Crippen LogP contribution < -0.4 is 4.74 Å². The van der Waals surface area contributed by atoms with Gasteiger partial charge in [0.05, 0.1) is 12.7 Å². The number of rotatable bonds is 5. The van der Waals surface area contributed by atoms with Crippen LogP contribution >= 0.6 is 0 Å². The SMILES string of the molecule is COc1ccc(CCc2c3ccccc3c(-c3c(F)c(F)cc(F)c3F)c3ccccc23)cc1. The predicted molar refractivity (Wildman–Crippen MR) is 127 cm³/mol. The molecule has 170 valence electrons. The summed E-state index contributed by atoms with van der Waals surface area (Å²) < 4.78 is 63.4. The Morgan fingerprint density at radius 2 is 1.09 bits per heavy atom. The molecule has 0 N–H and O–H groups in total. The lowest BCUT2D eigenvalue weighted by atomic mass is 9.86. The topological polar surface area (TPSA) is 9.23 Å².